The van der Waals surface area contributed by atoms with Crippen molar-refractivity contribution >= 4 is 24.2 Å². The van der Waals surface area contributed by atoms with E-state index in [2.05, 4.69) is 49.8 Å². The minimum absolute atomic E-state index is 0.144. The maximum atomic E-state index is 13.8. The monoisotopic (exact) mass is 332 g/mol. The van der Waals surface area contributed by atoms with Gasteiger partial charge in [-0.2, -0.15) is 0 Å². The first-order chi connectivity index (χ1) is 8.04. The predicted molar refractivity (Wildman–Crippen MR) is 80.8 cm³/mol. The molecule has 0 aliphatic carbocycles. The van der Waals surface area contributed by atoms with Crippen LogP contribution in [0.15, 0.2) is 16.6 Å². The number of hydrogen-bond donors (Lipinski definition) is 0. The molecule has 0 fully saturated rings. The highest BCUT2D eigenvalue weighted by atomic mass is 79.9. The zero-order valence-corrected chi connectivity index (χ0v) is 14.6. The van der Waals surface area contributed by atoms with Gasteiger partial charge in [-0.3, -0.25) is 0 Å². The summed E-state index contributed by atoms with van der Waals surface area (Å²) >= 11 is 3.43. The van der Waals surface area contributed by atoms with E-state index in [9.17, 15) is 4.39 Å². The number of hydrogen-bond acceptors (Lipinski definition) is 1. The van der Waals surface area contributed by atoms with E-state index in [-0.39, 0.29) is 10.9 Å². The van der Waals surface area contributed by atoms with Crippen molar-refractivity contribution < 1.29 is 8.82 Å². The normalized spacial score (nSPS) is 12.9. The Balaban J connectivity index is 2.85. The van der Waals surface area contributed by atoms with Crippen LogP contribution in [0.25, 0.3) is 0 Å². The van der Waals surface area contributed by atoms with Crippen molar-refractivity contribution in [1.82, 2.24) is 0 Å². The summed E-state index contributed by atoms with van der Waals surface area (Å²) in [6, 6.07) is 3.37. The summed E-state index contributed by atoms with van der Waals surface area (Å²) in [5, 5.41) is 0.144. The Kier molecular flexibility index (Phi) is 4.79. The second-order valence-electron chi connectivity index (χ2n) is 6.24. The first-order valence-electron chi connectivity index (χ1n) is 6.13. The van der Waals surface area contributed by atoms with Crippen LogP contribution in [0.5, 0.6) is 0 Å². The quantitative estimate of drug-likeness (QED) is 0.671. The molecule has 0 atom stereocenters. The van der Waals surface area contributed by atoms with Crippen molar-refractivity contribution in [2.45, 2.75) is 52.4 Å². The molecule has 0 N–H and O–H groups in total. The first-order valence-corrected chi connectivity index (χ1v) is 9.83. The molecule has 1 aromatic carbocycles. The maximum absolute atomic E-state index is 13.8. The van der Waals surface area contributed by atoms with Crippen LogP contribution in [0.1, 0.15) is 31.9 Å². The van der Waals surface area contributed by atoms with Crippen LogP contribution < -0.4 is 0 Å². The van der Waals surface area contributed by atoms with E-state index < -0.39 is 8.32 Å². The first kappa shape index (κ1) is 15.9. The van der Waals surface area contributed by atoms with Gasteiger partial charge in [-0.25, -0.2) is 4.39 Å². The van der Waals surface area contributed by atoms with Crippen LogP contribution in [0, 0.1) is 12.7 Å². The molecule has 0 aromatic heterocycles. The van der Waals surface area contributed by atoms with Crippen molar-refractivity contribution in [3.05, 3.63) is 33.5 Å². The fraction of sp³-hybridized carbons (Fsp3) is 0.571. The Bertz CT molecular complexity index is 438. The summed E-state index contributed by atoms with van der Waals surface area (Å²) in [7, 11) is -1.82. The van der Waals surface area contributed by atoms with Crippen LogP contribution in [0.3, 0.4) is 0 Å². The summed E-state index contributed by atoms with van der Waals surface area (Å²) in [5.74, 6) is -0.186. The number of halogens is 2. The van der Waals surface area contributed by atoms with E-state index in [1.165, 1.54) is 0 Å². The minimum Gasteiger partial charge on any atom is -0.412 e. The topological polar surface area (TPSA) is 9.23 Å². The molecule has 0 spiro atoms. The summed E-state index contributed by atoms with van der Waals surface area (Å²) in [5.41, 5.74) is 1.53. The van der Waals surface area contributed by atoms with E-state index in [1.807, 2.05) is 13.0 Å². The summed E-state index contributed by atoms with van der Waals surface area (Å²) in [4.78, 5) is 0. The third kappa shape index (κ3) is 3.65. The maximum Gasteiger partial charge on any atom is 0.192 e. The highest BCUT2D eigenvalue weighted by Crippen LogP contribution is 2.37. The molecule has 0 radical (unpaired) electrons. The van der Waals surface area contributed by atoms with Gasteiger partial charge in [0, 0.05) is 10.0 Å². The van der Waals surface area contributed by atoms with Crippen LogP contribution in [0.2, 0.25) is 18.1 Å². The van der Waals surface area contributed by atoms with Crippen molar-refractivity contribution in [1.29, 1.82) is 0 Å². The Morgan fingerprint density at radius 3 is 2.33 bits per heavy atom. The lowest BCUT2D eigenvalue weighted by molar-refractivity contribution is 0.271. The van der Waals surface area contributed by atoms with Crippen molar-refractivity contribution in [3.8, 4) is 0 Å². The summed E-state index contributed by atoms with van der Waals surface area (Å²) < 4.78 is 20.8. The smallest absolute Gasteiger partial charge is 0.192 e. The van der Waals surface area contributed by atoms with Gasteiger partial charge in [-0.15, -0.1) is 0 Å². The third-order valence-corrected chi connectivity index (χ3v) is 9.06. The molecule has 0 aliphatic rings. The second kappa shape index (κ2) is 5.43. The largest absolute Gasteiger partial charge is 0.412 e. The third-order valence-electron chi connectivity index (χ3n) is 3.72. The Labute approximate surface area is 119 Å². The average molecular weight is 333 g/mol. The Morgan fingerprint density at radius 1 is 1.28 bits per heavy atom. The molecule has 0 heterocycles. The van der Waals surface area contributed by atoms with E-state index in [0.29, 0.717) is 12.2 Å². The molecule has 1 nitrogen and oxygen atoms in total. The molecule has 102 valence electrons. The van der Waals surface area contributed by atoms with Gasteiger partial charge < -0.3 is 4.43 Å². The Morgan fingerprint density at radius 2 is 1.83 bits per heavy atom. The van der Waals surface area contributed by atoms with Gasteiger partial charge in [0.25, 0.3) is 0 Å². The summed E-state index contributed by atoms with van der Waals surface area (Å²) in [6.07, 6.45) is 0. The molecule has 0 bridgehead atoms. The lowest BCUT2D eigenvalue weighted by Gasteiger charge is -2.36. The van der Waals surface area contributed by atoms with Gasteiger partial charge in [-0.05, 0) is 42.8 Å². The number of rotatable bonds is 3. The lowest BCUT2D eigenvalue weighted by atomic mass is 10.1. The zero-order chi connectivity index (χ0) is 14.1. The minimum atomic E-state index is -1.82. The molecule has 0 unspecified atom stereocenters. The molecule has 0 aliphatic heterocycles. The fourth-order valence-corrected chi connectivity index (χ4v) is 2.61. The van der Waals surface area contributed by atoms with Crippen LogP contribution >= 0.6 is 15.9 Å². The number of benzene rings is 1. The standard InChI is InChI=1S/C14H22BrFOSi/c1-10-7-13(16)11(8-12(10)15)9-17-18(5,6)14(2,3)4/h7-8H,9H2,1-6H3. The van der Waals surface area contributed by atoms with Crippen molar-refractivity contribution in [2.24, 2.45) is 0 Å². The van der Waals surface area contributed by atoms with Crippen molar-refractivity contribution in [3.63, 3.8) is 0 Å². The SMILES string of the molecule is Cc1cc(F)c(CO[Si](C)(C)C(C)(C)C)cc1Br. The molecule has 4 heteroatoms. The van der Waals surface area contributed by atoms with Gasteiger partial charge in [0.15, 0.2) is 8.32 Å². The van der Waals surface area contributed by atoms with Gasteiger partial charge in [-0.1, -0.05) is 36.7 Å². The second-order valence-corrected chi connectivity index (χ2v) is 11.9. The average Bonchev–Trinajstić information content (AvgIpc) is 2.20. The fourth-order valence-electron chi connectivity index (χ4n) is 1.27. The molecule has 0 saturated heterocycles. The molecular formula is C14H22BrFOSi. The molecule has 0 saturated carbocycles. The summed E-state index contributed by atoms with van der Waals surface area (Å²) in [6.45, 7) is 13.1. The predicted octanol–water partition coefficient (Wildman–Crippen LogP) is 5.42. The molecular weight excluding hydrogens is 311 g/mol. The number of aryl methyl sites for hydroxylation is 1. The van der Waals surface area contributed by atoms with E-state index in [4.69, 9.17) is 4.43 Å². The molecule has 1 rings (SSSR count). The molecule has 0 amide bonds. The molecule has 18 heavy (non-hydrogen) atoms. The van der Waals surface area contributed by atoms with E-state index >= 15 is 0 Å². The Hall–Kier alpha value is -0.193. The van der Waals surface area contributed by atoms with Crippen molar-refractivity contribution in [2.75, 3.05) is 0 Å². The van der Waals surface area contributed by atoms with Gasteiger partial charge in [0.05, 0.1) is 6.61 Å². The van der Waals surface area contributed by atoms with Crippen LogP contribution in [0.4, 0.5) is 4.39 Å². The highest BCUT2D eigenvalue weighted by Gasteiger charge is 2.37. The van der Waals surface area contributed by atoms with Crippen LogP contribution in [-0.4, -0.2) is 8.32 Å². The van der Waals surface area contributed by atoms with Crippen LogP contribution in [-0.2, 0) is 11.0 Å². The highest BCUT2D eigenvalue weighted by molar-refractivity contribution is 9.10. The van der Waals surface area contributed by atoms with Gasteiger partial charge in [0.1, 0.15) is 5.82 Å². The zero-order valence-electron chi connectivity index (χ0n) is 12.0. The van der Waals surface area contributed by atoms with Gasteiger partial charge in [0.2, 0.25) is 0 Å². The molecule has 1 aromatic rings. The van der Waals surface area contributed by atoms with E-state index in [0.717, 1.165) is 10.0 Å². The van der Waals surface area contributed by atoms with Gasteiger partial charge >= 0.3 is 0 Å². The lowest BCUT2D eigenvalue weighted by Crippen LogP contribution is -2.40. The van der Waals surface area contributed by atoms with E-state index in [1.54, 1.807) is 6.07 Å².